The van der Waals surface area contributed by atoms with Crippen LogP contribution < -0.4 is 10.6 Å². The van der Waals surface area contributed by atoms with Crippen LogP contribution in [0.1, 0.15) is 0 Å². The van der Waals surface area contributed by atoms with Crippen molar-refractivity contribution >= 4 is 11.4 Å². The van der Waals surface area contributed by atoms with Gasteiger partial charge in [0.05, 0.1) is 24.6 Å². The summed E-state index contributed by atoms with van der Waals surface area (Å²) in [6, 6.07) is 7.95. The molecule has 5 heteroatoms. The average Bonchev–Trinajstić information content (AvgIpc) is 2.94. The van der Waals surface area contributed by atoms with Crippen molar-refractivity contribution in [3.63, 3.8) is 0 Å². The molecule has 18 heavy (non-hydrogen) atoms. The predicted molar refractivity (Wildman–Crippen MR) is 71.0 cm³/mol. The zero-order valence-corrected chi connectivity index (χ0v) is 10.1. The molecule has 1 aromatic carbocycles. The van der Waals surface area contributed by atoms with Crippen LogP contribution in [-0.2, 0) is 4.74 Å². The van der Waals surface area contributed by atoms with E-state index in [1.54, 1.807) is 10.9 Å². The summed E-state index contributed by atoms with van der Waals surface area (Å²) < 4.78 is 7.15. The van der Waals surface area contributed by atoms with Crippen LogP contribution in [0.15, 0.2) is 36.7 Å². The molecule has 2 aromatic rings. The third-order valence-corrected chi connectivity index (χ3v) is 3.14. The zero-order valence-electron chi connectivity index (χ0n) is 10.1. The molecule has 2 heterocycles. The van der Waals surface area contributed by atoms with Gasteiger partial charge in [0.1, 0.15) is 0 Å². The molecule has 0 unspecified atom stereocenters. The maximum Gasteiger partial charge on any atom is 0.0895 e. The van der Waals surface area contributed by atoms with Crippen LogP contribution in [0.5, 0.6) is 0 Å². The summed E-state index contributed by atoms with van der Waals surface area (Å²) in [6.45, 7) is 3.40. The summed E-state index contributed by atoms with van der Waals surface area (Å²) in [7, 11) is 0. The Hall–Kier alpha value is -2.01. The van der Waals surface area contributed by atoms with Gasteiger partial charge in [-0.15, -0.1) is 0 Å². The molecule has 1 aliphatic rings. The molecule has 0 saturated carbocycles. The molecule has 0 bridgehead atoms. The lowest BCUT2D eigenvalue weighted by Crippen LogP contribution is -2.36. The van der Waals surface area contributed by atoms with Gasteiger partial charge in [-0.25, -0.2) is 4.68 Å². The normalized spacial score (nSPS) is 15.9. The van der Waals surface area contributed by atoms with E-state index in [1.165, 1.54) is 0 Å². The number of anilines is 2. The van der Waals surface area contributed by atoms with Crippen LogP contribution in [0.25, 0.3) is 5.69 Å². The van der Waals surface area contributed by atoms with E-state index in [0.29, 0.717) is 0 Å². The maximum absolute atomic E-state index is 6.01. The van der Waals surface area contributed by atoms with E-state index < -0.39 is 0 Å². The van der Waals surface area contributed by atoms with E-state index in [2.05, 4.69) is 16.1 Å². The summed E-state index contributed by atoms with van der Waals surface area (Å²) in [5.74, 6) is 0. The molecule has 0 amide bonds. The van der Waals surface area contributed by atoms with Crippen molar-refractivity contribution in [1.29, 1.82) is 0 Å². The Morgan fingerprint density at radius 3 is 2.78 bits per heavy atom. The van der Waals surface area contributed by atoms with Crippen LogP contribution in [-0.4, -0.2) is 36.1 Å². The number of aromatic nitrogens is 2. The fraction of sp³-hybridized carbons (Fsp3) is 0.308. The number of nitrogens with zero attached hydrogens (tertiary/aromatic N) is 3. The Balaban J connectivity index is 1.95. The third kappa shape index (κ3) is 2.04. The molecule has 94 valence electrons. The van der Waals surface area contributed by atoms with Gasteiger partial charge < -0.3 is 15.4 Å². The van der Waals surface area contributed by atoms with E-state index in [0.717, 1.165) is 43.4 Å². The van der Waals surface area contributed by atoms with E-state index in [1.807, 2.05) is 24.4 Å². The molecule has 1 saturated heterocycles. The molecule has 1 aliphatic heterocycles. The first kappa shape index (κ1) is 11.1. The minimum Gasteiger partial charge on any atom is -0.397 e. The highest BCUT2D eigenvalue weighted by molar-refractivity contribution is 5.65. The molecule has 0 spiro atoms. The number of rotatable bonds is 2. The summed E-state index contributed by atoms with van der Waals surface area (Å²) in [4.78, 5) is 2.30. The Labute approximate surface area is 106 Å². The monoisotopic (exact) mass is 244 g/mol. The minimum absolute atomic E-state index is 0.732. The van der Waals surface area contributed by atoms with Crippen LogP contribution in [0.3, 0.4) is 0 Å². The number of hydrogen-bond donors (Lipinski definition) is 1. The third-order valence-electron chi connectivity index (χ3n) is 3.14. The van der Waals surface area contributed by atoms with Crippen molar-refractivity contribution in [3.05, 3.63) is 36.7 Å². The van der Waals surface area contributed by atoms with Crippen molar-refractivity contribution < 1.29 is 4.74 Å². The molecule has 3 rings (SSSR count). The van der Waals surface area contributed by atoms with Gasteiger partial charge >= 0.3 is 0 Å². The number of ether oxygens (including phenoxy) is 1. The summed E-state index contributed by atoms with van der Waals surface area (Å²) in [5, 5.41) is 4.23. The first-order valence-corrected chi connectivity index (χ1v) is 6.07. The quantitative estimate of drug-likeness (QED) is 0.809. The fourth-order valence-corrected chi connectivity index (χ4v) is 2.16. The molecule has 1 aromatic heterocycles. The highest BCUT2D eigenvalue weighted by atomic mass is 16.5. The molecule has 0 aliphatic carbocycles. The van der Waals surface area contributed by atoms with Gasteiger partial charge in [0.2, 0.25) is 0 Å². The van der Waals surface area contributed by atoms with Gasteiger partial charge in [0, 0.05) is 31.2 Å². The van der Waals surface area contributed by atoms with E-state index in [-0.39, 0.29) is 0 Å². The molecular formula is C13H16N4O. The number of benzene rings is 1. The smallest absolute Gasteiger partial charge is 0.0895 e. The van der Waals surface area contributed by atoms with E-state index in [4.69, 9.17) is 10.5 Å². The Bertz CT molecular complexity index is 518. The fourth-order valence-electron chi connectivity index (χ4n) is 2.16. The maximum atomic E-state index is 6.01. The minimum atomic E-state index is 0.732. The average molecular weight is 244 g/mol. The standard InChI is InChI=1S/C13H16N4O/c14-12-3-2-11(16-6-8-18-9-7-16)10-13(12)17-5-1-4-15-17/h1-5,10H,6-9,14H2. The second kappa shape index (κ2) is 4.70. The van der Waals surface area contributed by atoms with Gasteiger partial charge in [-0.05, 0) is 24.3 Å². The molecule has 1 fully saturated rings. The van der Waals surface area contributed by atoms with Gasteiger partial charge in [0.15, 0.2) is 0 Å². The van der Waals surface area contributed by atoms with Gasteiger partial charge in [-0.2, -0.15) is 5.10 Å². The number of morpholine rings is 1. The lowest BCUT2D eigenvalue weighted by Gasteiger charge is -2.29. The molecule has 0 atom stereocenters. The molecule has 2 N–H and O–H groups in total. The molecule has 0 radical (unpaired) electrons. The highest BCUT2D eigenvalue weighted by Gasteiger charge is 2.13. The summed E-state index contributed by atoms with van der Waals surface area (Å²) in [5.41, 5.74) is 8.82. The first-order chi connectivity index (χ1) is 8.84. The topological polar surface area (TPSA) is 56.3 Å². The van der Waals surface area contributed by atoms with Crippen molar-refractivity contribution in [2.75, 3.05) is 36.9 Å². The van der Waals surface area contributed by atoms with Crippen LogP contribution in [0.2, 0.25) is 0 Å². The molecular weight excluding hydrogens is 228 g/mol. The first-order valence-electron chi connectivity index (χ1n) is 6.07. The Kier molecular flexibility index (Phi) is 2.90. The zero-order chi connectivity index (χ0) is 12.4. The molecule has 5 nitrogen and oxygen atoms in total. The second-order valence-corrected chi connectivity index (χ2v) is 4.29. The number of nitrogens with two attached hydrogens (primary N) is 1. The van der Waals surface area contributed by atoms with Crippen molar-refractivity contribution in [2.24, 2.45) is 0 Å². The highest BCUT2D eigenvalue weighted by Crippen LogP contribution is 2.24. The summed E-state index contributed by atoms with van der Waals surface area (Å²) >= 11 is 0. The lowest BCUT2D eigenvalue weighted by molar-refractivity contribution is 0.122. The number of hydrogen-bond acceptors (Lipinski definition) is 4. The largest absolute Gasteiger partial charge is 0.397 e. The Morgan fingerprint density at radius 1 is 1.22 bits per heavy atom. The predicted octanol–water partition coefficient (Wildman–Crippen LogP) is 1.29. The Morgan fingerprint density at radius 2 is 2.06 bits per heavy atom. The van der Waals surface area contributed by atoms with E-state index in [9.17, 15) is 0 Å². The van der Waals surface area contributed by atoms with Crippen molar-refractivity contribution in [1.82, 2.24) is 9.78 Å². The number of nitrogen functional groups attached to an aromatic ring is 1. The van der Waals surface area contributed by atoms with Crippen LogP contribution in [0.4, 0.5) is 11.4 Å². The lowest BCUT2D eigenvalue weighted by atomic mass is 10.2. The van der Waals surface area contributed by atoms with E-state index >= 15 is 0 Å². The SMILES string of the molecule is Nc1ccc(N2CCOCC2)cc1-n1cccn1. The van der Waals surface area contributed by atoms with Crippen LogP contribution >= 0.6 is 0 Å². The second-order valence-electron chi connectivity index (χ2n) is 4.29. The van der Waals surface area contributed by atoms with Gasteiger partial charge in [-0.3, -0.25) is 0 Å². The summed E-state index contributed by atoms with van der Waals surface area (Å²) in [6.07, 6.45) is 3.65. The van der Waals surface area contributed by atoms with Gasteiger partial charge in [0.25, 0.3) is 0 Å². The van der Waals surface area contributed by atoms with Crippen molar-refractivity contribution in [3.8, 4) is 5.69 Å². The van der Waals surface area contributed by atoms with Gasteiger partial charge in [-0.1, -0.05) is 0 Å². The van der Waals surface area contributed by atoms with Crippen LogP contribution in [0, 0.1) is 0 Å². The van der Waals surface area contributed by atoms with Crippen molar-refractivity contribution in [2.45, 2.75) is 0 Å².